The number of methoxy groups -OCH3 is 2. The Morgan fingerprint density at radius 2 is 1.77 bits per heavy atom. The molecule has 0 aliphatic heterocycles. The van der Waals surface area contributed by atoms with Crippen LogP contribution in [-0.4, -0.2) is 45.9 Å². The highest BCUT2D eigenvalue weighted by molar-refractivity contribution is 5.93. The van der Waals surface area contributed by atoms with Crippen molar-refractivity contribution >= 4 is 11.6 Å². The molecule has 1 rings (SSSR count). The molecule has 0 saturated heterocycles. The molecule has 6 nitrogen and oxygen atoms in total. The summed E-state index contributed by atoms with van der Waals surface area (Å²) in [5.74, 6) is 2.09. The summed E-state index contributed by atoms with van der Waals surface area (Å²) in [6.07, 6.45) is 0. The Morgan fingerprint density at radius 1 is 1.09 bits per heavy atom. The molecule has 0 amide bonds. The van der Waals surface area contributed by atoms with Crippen molar-refractivity contribution in [3.05, 3.63) is 18.2 Å². The Bertz CT molecular complexity index is 495. The lowest BCUT2D eigenvalue weighted by atomic mass is 10.1. The van der Waals surface area contributed by atoms with Crippen LogP contribution in [0, 0.1) is 0 Å². The van der Waals surface area contributed by atoms with Crippen molar-refractivity contribution in [2.45, 2.75) is 26.3 Å². The fourth-order valence-corrected chi connectivity index (χ4v) is 1.85. The number of nitrogens with one attached hydrogen (secondary N) is 3. The minimum Gasteiger partial charge on any atom is -0.493 e. The molecule has 0 fully saturated rings. The van der Waals surface area contributed by atoms with Crippen LogP contribution in [0.5, 0.6) is 11.5 Å². The van der Waals surface area contributed by atoms with Crippen molar-refractivity contribution in [1.29, 1.82) is 0 Å². The highest BCUT2D eigenvalue weighted by atomic mass is 16.5. The molecule has 0 atom stereocenters. The van der Waals surface area contributed by atoms with Crippen LogP contribution in [-0.2, 0) is 0 Å². The number of ether oxygens (including phenoxy) is 2. The molecule has 0 radical (unpaired) electrons. The van der Waals surface area contributed by atoms with Gasteiger partial charge in [0.15, 0.2) is 17.5 Å². The van der Waals surface area contributed by atoms with Gasteiger partial charge in [0.2, 0.25) is 0 Å². The van der Waals surface area contributed by atoms with Gasteiger partial charge >= 0.3 is 0 Å². The molecule has 22 heavy (non-hydrogen) atoms. The predicted molar refractivity (Wildman–Crippen MR) is 92.3 cm³/mol. The smallest absolute Gasteiger partial charge is 0.195 e. The van der Waals surface area contributed by atoms with Crippen molar-refractivity contribution in [1.82, 2.24) is 10.6 Å². The molecule has 0 spiro atoms. The van der Waals surface area contributed by atoms with Crippen LogP contribution in [0.1, 0.15) is 20.8 Å². The van der Waals surface area contributed by atoms with Crippen molar-refractivity contribution in [3.63, 3.8) is 0 Å². The van der Waals surface area contributed by atoms with Crippen molar-refractivity contribution in [3.8, 4) is 11.5 Å². The summed E-state index contributed by atoms with van der Waals surface area (Å²) in [7, 11) is 4.98. The maximum Gasteiger partial charge on any atom is 0.195 e. The normalized spacial score (nSPS) is 12.0. The highest BCUT2D eigenvalue weighted by Gasteiger charge is 2.08. The summed E-state index contributed by atoms with van der Waals surface area (Å²) in [6, 6.07) is 5.65. The monoisotopic (exact) mass is 308 g/mol. The fraction of sp³-hybridized carbons (Fsp3) is 0.562. The topological polar surface area (TPSA) is 66.9 Å². The zero-order chi connectivity index (χ0) is 16.6. The van der Waals surface area contributed by atoms with Gasteiger partial charge in [0.1, 0.15) is 0 Å². The maximum atomic E-state index is 5.29. The lowest BCUT2D eigenvalue weighted by Crippen LogP contribution is -2.42. The third-order valence-corrected chi connectivity index (χ3v) is 2.94. The zero-order valence-corrected chi connectivity index (χ0v) is 14.4. The average Bonchev–Trinajstić information content (AvgIpc) is 2.49. The molecule has 0 bridgehead atoms. The van der Waals surface area contributed by atoms with Gasteiger partial charge in [-0.05, 0) is 32.9 Å². The third kappa shape index (κ3) is 6.22. The maximum absolute atomic E-state index is 5.29. The summed E-state index contributed by atoms with van der Waals surface area (Å²) in [4.78, 5) is 4.21. The number of anilines is 1. The van der Waals surface area contributed by atoms with Gasteiger partial charge in [-0.15, -0.1) is 0 Å². The molecule has 6 heteroatoms. The average molecular weight is 308 g/mol. The summed E-state index contributed by atoms with van der Waals surface area (Å²) in [5.41, 5.74) is 0.997. The van der Waals surface area contributed by atoms with Gasteiger partial charge in [0.05, 0.1) is 14.2 Å². The van der Waals surface area contributed by atoms with E-state index in [2.05, 4.69) is 41.7 Å². The largest absolute Gasteiger partial charge is 0.493 e. The second-order valence-electron chi connectivity index (χ2n) is 5.87. The molecule has 0 saturated carbocycles. The number of hydrogen-bond donors (Lipinski definition) is 3. The summed E-state index contributed by atoms with van der Waals surface area (Å²) in [5, 5.41) is 9.91. The van der Waals surface area contributed by atoms with E-state index >= 15 is 0 Å². The highest BCUT2D eigenvalue weighted by Crippen LogP contribution is 2.29. The first kappa shape index (κ1) is 18.1. The van der Waals surface area contributed by atoms with Gasteiger partial charge in [-0.25, -0.2) is 0 Å². The Morgan fingerprint density at radius 3 is 2.32 bits per heavy atom. The fourth-order valence-electron chi connectivity index (χ4n) is 1.85. The molecule has 0 aliphatic rings. The molecule has 1 aromatic rings. The van der Waals surface area contributed by atoms with Gasteiger partial charge in [0, 0.05) is 37.4 Å². The molecule has 0 aromatic heterocycles. The molecule has 3 N–H and O–H groups in total. The quantitative estimate of drug-likeness (QED) is 0.426. The van der Waals surface area contributed by atoms with Crippen LogP contribution in [0.25, 0.3) is 0 Å². The lowest BCUT2D eigenvalue weighted by molar-refractivity contribution is 0.355. The summed E-state index contributed by atoms with van der Waals surface area (Å²) in [6.45, 7) is 8.07. The van der Waals surface area contributed by atoms with E-state index < -0.39 is 0 Å². The van der Waals surface area contributed by atoms with Crippen molar-refractivity contribution < 1.29 is 9.47 Å². The Balaban J connectivity index is 2.56. The van der Waals surface area contributed by atoms with E-state index in [1.54, 1.807) is 21.3 Å². The first-order valence-corrected chi connectivity index (χ1v) is 7.34. The Labute approximate surface area is 133 Å². The van der Waals surface area contributed by atoms with Crippen LogP contribution < -0.4 is 25.4 Å². The van der Waals surface area contributed by atoms with E-state index in [-0.39, 0.29) is 5.54 Å². The number of rotatable bonds is 6. The Kier molecular flexibility index (Phi) is 6.98. The minimum absolute atomic E-state index is 0.113. The van der Waals surface area contributed by atoms with Crippen LogP contribution >= 0.6 is 0 Å². The van der Waals surface area contributed by atoms with Gasteiger partial charge in [-0.2, -0.15) is 0 Å². The van der Waals surface area contributed by atoms with E-state index in [0.29, 0.717) is 17.5 Å². The number of nitrogens with zero attached hydrogens (tertiary/aromatic N) is 1. The standard InChI is InChI=1S/C16H28N4O2/c1-16(2,3)19-10-9-18-15(17-4)20-12-7-8-13(21-5)14(11-12)22-6/h7-8,11,19H,9-10H2,1-6H3,(H2,17,18,20). The molecular weight excluding hydrogens is 280 g/mol. The van der Waals surface area contributed by atoms with E-state index in [9.17, 15) is 0 Å². The molecule has 1 aromatic carbocycles. The van der Waals surface area contributed by atoms with Crippen LogP contribution in [0.15, 0.2) is 23.2 Å². The summed E-state index contributed by atoms with van der Waals surface area (Å²) < 4.78 is 10.5. The molecule has 0 unspecified atom stereocenters. The van der Waals surface area contributed by atoms with Crippen molar-refractivity contribution in [2.24, 2.45) is 4.99 Å². The van der Waals surface area contributed by atoms with Crippen LogP contribution in [0.3, 0.4) is 0 Å². The van der Waals surface area contributed by atoms with Crippen molar-refractivity contribution in [2.75, 3.05) is 39.7 Å². The van der Waals surface area contributed by atoms with E-state index in [1.165, 1.54) is 0 Å². The zero-order valence-electron chi connectivity index (χ0n) is 14.4. The number of hydrogen-bond acceptors (Lipinski definition) is 4. The number of aliphatic imine (C=N–C) groups is 1. The second kappa shape index (κ2) is 8.48. The lowest BCUT2D eigenvalue weighted by Gasteiger charge is -2.21. The first-order chi connectivity index (χ1) is 10.4. The van der Waals surface area contributed by atoms with Gasteiger partial charge in [0.25, 0.3) is 0 Å². The van der Waals surface area contributed by atoms with E-state index in [0.717, 1.165) is 18.8 Å². The van der Waals surface area contributed by atoms with Crippen LogP contribution in [0.2, 0.25) is 0 Å². The van der Waals surface area contributed by atoms with E-state index in [1.807, 2.05) is 18.2 Å². The third-order valence-electron chi connectivity index (χ3n) is 2.94. The molecule has 0 aliphatic carbocycles. The number of guanidine groups is 1. The number of benzene rings is 1. The van der Waals surface area contributed by atoms with Gasteiger partial charge in [-0.3, -0.25) is 4.99 Å². The van der Waals surface area contributed by atoms with Crippen LogP contribution in [0.4, 0.5) is 5.69 Å². The SMILES string of the molecule is CN=C(NCCNC(C)(C)C)Nc1ccc(OC)c(OC)c1. The van der Waals surface area contributed by atoms with Gasteiger partial charge < -0.3 is 25.4 Å². The Hall–Kier alpha value is -1.95. The van der Waals surface area contributed by atoms with E-state index in [4.69, 9.17) is 9.47 Å². The predicted octanol–water partition coefficient (Wildman–Crippen LogP) is 2.08. The molecule has 124 valence electrons. The summed E-state index contributed by atoms with van der Waals surface area (Å²) >= 11 is 0. The molecule has 0 heterocycles. The minimum atomic E-state index is 0.113. The second-order valence-corrected chi connectivity index (χ2v) is 5.87. The van der Waals surface area contributed by atoms with Gasteiger partial charge in [-0.1, -0.05) is 0 Å². The molecular formula is C16H28N4O2. The first-order valence-electron chi connectivity index (χ1n) is 7.34.